The average Bonchev–Trinajstić information content (AvgIpc) is 2.17. The highest BCUT2D eigenvalue weighted by atomic mass is 14.1. The number of allylic oxidation sites excluding steroid dienone is 4. The molecular weight excluding hydrogens is 156 g/mol. The predicted octanol–water partition coefficient (Wildman–Crippen LogP) is 4.65. The number of hydrogen-bond donors (Lipinski definition) is 0. The molecule has 0 aliphatic carbocycles. The molecule has 0 rings (SSSR count). The van der Waals surface area contributed by atoms with Crippen LogP contribution in [0.25, 0.3) is 0 Å². The van der Waals surface area contributed by atoms with Crippen molar-refractivity contribution in [1.82, 2.24) is 0 Å². The Kier molecular flexibility index (Phi) is 6.30. The third-order valence-corrected chi connectivity index (χ3v) is 2.48. The summed E-state index contributed by atoms with van der Waals surface area (Å²) in [5.41, 5.74) is 3.95. The Labute approximate surface area is 83.0 Å². The maximum absolute atomic E-state index is 4.04. The fourth-order valence-electron chi connectivity index (χ4n) is 1.30. The first kappa shape index (κ1) is 12.2. The highest BCUT2D eigenvalue weighted by Gasteiger charge is 2.00. The summed E-state index contributed by atoms with van der Waals surface area (Å²) >= 11 is 0. The Hall–Kier alpha value is -0.780. The van der Waals surface area contributed by atoms with Gasteiger partial charge in [0.15, 0.2) is 0 Å². The van der Waals surface area contributed by atoms with Gasteiger partial charge in [-0.2, -0.15) is 0 Å². The first-order valence-corrected chi connectivity index (χ1v) is 5.17. The molecule has 13 heavy (non-hydrogen) atoms. The summed E-state index contributed by atoms with van der Waals surface area (Å²) < 4.78 is 0. The molecule has 0 heterocycles. The van der Waals surface area contributed by atoms with Crippen LogP contribution in [0.3, 0.4) is 0 Å². The van der Waals surface area contributed by atoms with Gasteiger partial charge in [0.25, 0.3) is 0 Å². The maximum atomic E-state index is 4.04. The second-order valence-corrected chi connectivity index (χ2v) is 3.42. The third-order valence-electron chi connectivity index (χ3n) is 2.48. The summed E-state index contributed by atoms with van der Waals surface area (Å²) in [5, 5.41) is 0. The molecule has 0 saturated heterocycles. The first-order chi connectivity index (χ1) is 6.17. The molecule has 0 aliphatic heterocycles. The van der Waals surface area contributed by atoms with E-state index in [1.807, 2.05) is 6.08 Å². The molecule has 0 N–H and O–H groups in total. The van der Waals surface area contributed by atoms with Gasteiger partial charge in [-0.05, 0) is 37.3 Å². The highest BCUT2D eigenvalue weighted by molar-refractivity contribution is 5.36. The molecule has 74 valence electrons. The Bertz CT molecular complexity index is 206. The van der Waals surface area contributed by atoms with Crippen LogP contribution in [0.2, 0.25) is 0 Å². The topological polar surface area (TPSA) is 0 Å². The molecule has 0 heteroatoms. The van der Waals surface area contributed by atoms with Crippen molar-refractivity contribution in [3.63, 3.8) is 0 Å². The normalized spacial score (nSPS) is 12.2. The van der Waals surface area contributed by atoms with E-state index in [0.717, 1.165) is 12.8 Å². The lowest BCUT2D eigenvalue weighted by molar-refractivity contribution is 0.792. The highest BCUT2D eigenvalue weighted by Crippen LogP contribution is 2.20. The van der Waals surface area contributed by atoms with Crippen LogP contribution in [0, 0.1) is 0 Å². The smallest absolute Gasteiger partial charge is 0.0276 e. The van der Waals surface area contributed by atoms with Gasteiger partial charge >= 0.3 is 0 Å². The van der Waals surface area contributed by atoms with Gasteiger partial charge < -0.3 is 0 Å². The Balaban J connectivity index is 4.48. The summed E-state index contributed by atoms with van der Waals surface area (Å²) in [5.74, 6) is 0. The van der Waals surface area contributed by atoms with Crippen LogP contribution >= 0.6 is 0 Å². The van der Waals surface area contributed by atoms with E-state index in [2.05, 4.69) is 33.9 Å². The van der Waals surface area contributed by atoms with Gasteiger partial charge in [0.1, 0.15) is 0 Å². The van der Waals surface area contributed by atoms with E-state index in [4.69, 9.17) is 0 Å². The predicted molar refractivity (Wildman–Crippen MR) is 61.9 cm³/mol. The quantitative estimate of drug-likeness (QED) is 0.519. The van der Waals surface area contributed by atoms with Gasteiger partial charge in [0.05, 0.1) is 0 Å². The van der Waals surface area contributed by atoms with E-state index in [-0.39, 0.29) is 0 Å². The molecule has 0 aliphatic rings. The summed E-state index contributed by atoms with van der Waals surface area (Å²) in [4.78, 5) is 0. The van der Waals surface area contributed by atoms with Crippen molar-refractivity contribution < 1.29 is 0 Å². The Morgan fingerprint density at radius 2 is 1.92 bits per heavy atom. The van der Waals surface area contributed by atoms with E-state index >= 15 is 0 Å². The van der Waals surface area contributed by atoms with Crippen molar-refractivity contribution in [1.29, 1.82) is 0 Å². The molecule has 0 nitrogen and oxygen atoms in total. The molecule has 0 aromatic rings. The van der Waals surface area contributed by atoms with E-state index < -0.39 is 0 Å². The Morgan fingerprint density at radius 1 is 1.31 bits per heavy atom. The molecule has 0 unspecified atom stereocenters. The fourth-order valence-corrected chi connectivity index (χ4v) is 1.30. The van der Waals surface area contributed by atoms with Crippen LogP contribution in [-0.4, -0.2) is 0 Å². The average molecular weight is 178 g/mol. The molecule has 0 bridgehead atoms. The van der Waals surface area contributed by atoms with Crippen LogP contribution in [-0.2, 0) is 0 Å². The van der Waals surface area contributed by atoms with Crippen LogP contribution in [0.4, 0.5) is 0 Å². The van der Waals surface area contributed by atoms with Gasteiger partial charge in [-0.3, -0.25) is 0 Å². The number of unbranched alkanes of at least 4 members (excludes halogenated alkanes) is 1. The lowest BCUT2D eigenvalue weighted by atomic mass is 9.97. The van der Waals surface area contributed by atoms with Gasteiger partial charge in [-0.1, -0.05) is 45.1 Å². The van der Waals surface area contributed by atoms with Crippen molar-refractivity contribution in [2.24, 2.45) is 0 Å². The van der Waals surface area contributed by atoms with Crippen molar-refractivity contribution in [3.05, 3.63) is 36.0 Å². The Morgan fingerprint density at radius 3 is 2.31 bits per heavy atom. The second-order valence-electron chi connectivity index (χ2n) is 3.42. The molecule has 0 aromatic carbocycles. The molecule has 0 spiro atoms. The third kappa shape index (κ3) is 4.12. The van der Waals surface area contributed by atoms with E-state index in [1.54, 1.807) is 0 Å². The van der Waals surface area contributed by atoms with Crippen LogP contribution in [0.1, 0.15) is 46.5 Å². The van der Waals surface area contributed by atoms with Gasteiger partial charge in [-0.25, -0.2) is 0 Å². The summed E-state index contributed by atoms with van der Waals surface area (Å²) in [6.07, 6.45) is 6.64. The molecule has 0 saturated carbocycles. The van der Waals surface area contributed by atoms with Crippen molar-refractivity contribution in [2.75, 3.05) is 0 Å². The molecule has 0 fully saturated rings. The van der Waals surface area contributed by atoms with E-state index in [1.165, 1.54) is 29.6 Å². The first-order valence-electron chi connectivity index (χ1n) is 5.17. The van der Waals surface area contributed by atoms with Crippen molar-refractivity contribution >= 4 is 0 Å². The van der Waals surface area contributed by atoms with Crippen molar-refractivity contribution in [3.8, 4) is 0 Å². The zero-order valence-electron chi connectivity index (χ0n) is 9.32. The maximum Gasteiger partial charge on any atom is -0.0276 e. The fraction of sp³-hybridized carbons (Fsp3) is 0.538. The molecule has 0 aromatic heterocycles. The van der Waals surface area contributed by atoms with Crippen LogP contribution in [0.15, 0.2) is 36.0 Å². The summed E-state index contributed by atoms with van der Waals surface area (Å²) in [6.45, 7) is 14.4. The van der Waals surface area contributed by atoms with Crippen molar-refractivity contribution in [2.45, 2.75) is 46.5 Å². The summed E-state index contributed by atoms with van der Waals surface area (Å²) in [7, 11) is 0. The zero-order valence-corrected chi connectivity index (χ0v) is 9.32. The minimum Gasteiger partial charge on any atom is -0.0988 e. The molecule has 0 atom stereocenters. The molecular formula is C13H22. The minimum atomic E-state index is 1.04. The van der Waals surface area contributed by atoms with Gasteiger partial charge in [-0.15, -0.1) is 0 Å². The largest absolute Gasteiger partial charge is 0.0988 e. The van der Waals surface area contributed by atoms with Crippen LogP contribution < -0.4 is 0 Å². The van der Waals surface area contributed by atoms with E-state index in [0.29, 0.717) is 0 Å². The van der Waals surface area contributed by atoms with E-state index in [9.17, 15) is 0 Å². The molecule has 0 amide bonds. The van der Waals surface area contributed by atoms with Gasteiger partial charge in [0, 0.05) is 0 Å². The van der Waals surface area contributed by atoms with Crippen LogP contribution in [0.5, 0.6) is 0 Å². The summed E-state index contributed by atoms with van der Waals surface area (Å²) in [6, 6.07) is 0. The second kappa shape index (κ2) is 6.71. The number of hydrogen-bond acceptors (Lipinski definition) is 0. The SMILES string of the molecule is C=C/C(CCCC)=C(/C)C(=C)CC. The lowest BCUT2D eigenvalue weighted by Crippen LogP contribution is -1.89. The van der Waals surface area contributed by atoms with Gasteiger partial charge in [0.2, 0.25) is 0 Å². The monoisotopic (exact) mass is 178 g/mol. The lowest BCUT2D eigenvalue weighted by Gasteiger charge is -2.09. The number of rotatable bonds is 6. The standard InChI is InChI=1S/C13H22/c1-6-9-10-13(8-3)12(5)11(4)7-2/h8H,3-4,6-7,9-10H2,1-2,5H3/b13-12+. The molecule has 0 radical (unpaired) electrons. The minimum absolute atomic E-state index is 1.04. The zero-order chi connectivity index (χ0) is 10.3.